The lowest BCUT2D eigenvalue weighted by Crippen LogP contribution is -2.27. The molecule has 2 nitrogen and oxygen atoms in total. The van der Waals surface area contributed by atoms with E-state index >= 15 is 0 Å². The van der Waals surface area contributed by atoms with Crippen molar-refractivity contribution in [2.45, 2.75) is 78.8 Å². The second kappa shape index (κ2) is 10.0. The first kappa shape index (κ1) is 21.1. The molecule has 0 amide bonds. The van der Waals surface area contributed by atoms with Crippen LogP contribution in [-0.4, -0.2) is 17.7 Å². The molecule has 3 atom stereocenters. The van der Waals surface area contributed by atoms with Gasteiger partial charge >= 0.3 is 6.18 Å². The molecule has 0 saturated heterocycles. The van der Waals surface area contributed by atoms with Gasteiger partial charge in [0.2, 0.25) is 0 Å². The van der Waals surface area contributed by atoms with Crippen LogP contribution in [-0.2, 0) is 9.59 Å². The Hall–Kier alpha value is -0.870. The first-order chi connectivity index (χ1) is 10.1. The van der Waals surface area contributed by atoms with Crippen LogP contribution in [0.25, 0.3) is 0 Å². The van der Waals surface area contributed by atoms with Gasteiger partial charge in [0, 0.05) is 11.8 Å². The molecule has 0 radical (unpaired) electrons. The SMILES string of the molecule is CCCC(C)CC(CC)C(=O)CC(=O)C(CC)CC(F)(F)F. The van der Waals surface area contributed by atoms with Crippen molar-refractivity contribution in [1.29, 1.82) is 0 Å². The molecule has 0 aromatic carbocycles. The number of ketones is 2. The van der Waals surface area contributed by atoms with E-state index in [2.05, 4.69) is 13.8 Å². The molecule has 0 heterocycles. The van der Waals surface area contributed by atoms with Gasteiger partial charge in [-0.25, -0.2) is 0 Å². The quantitative estimate of drug-likeness (QED) is 0.481. The van der Waals surface area contributed by atoms with Gasteiger partial charge in [-0.15, -0.1) is 0 Å². The Kier molecular flexibility index (Phi) is 9.61. The molecule has 0 N–H and O–H groups in total. The fraction of sp³-hybridized carbons (Fsp3) is 0.882. The van der Waals surface area contributed by atoms with Crippen molar-refractivity contribution in [2.75, 3.05) is 0 Å². The van der Waals surface area contributed by atoms with Crippen molar-refractivity contribution in [2.24, 2.45) is 17.8 Å². The van der Waals surface area contributed by atoms with E-state index < -0.39 is 24.3 Å². The zero-order chi connectivity index (χ0) is 17.3. The standard InChI is InChI=1S/C17H29F3O2/c1-5-8-12(4)9-13(6-2)15(21)10-16(22)14(7-3)11-17(18,19)20/h12-14H,5-11H2,1-4H3. The second-order valence-corrected chi connectivity index (χ2v) is 6.27. The Morgan fingerprint density at radius 1 is 0.955 bits per heavy atom. The van der Waals surface area contributed by atoms with Crippen LogP contribution >= 0.6 is 0 Å². The van der Waals surface area contributed by atoms with Gasteiger partial charge in [0.25, 0.3) is 0 Å². The zero-order valence-corrected chi connectivity index (χ0v) is 14.1. The Morgan fingerprint density at radius 2 is 1.45 bits per heavy atom. The second-order valence-electron chi connectivity index (χ2n) is 6.27. The highest BCUT2D eigenvalue weighted by molar-refractivity contribution is 6.01. The highest BCUT2D eigenvalue weighted by Crippen LogP contribution is 2.29. The lowest BCUT2D eigenvalue weighted by Gasteiger charge is -2.20. The predicted molar refractivity (Wildman–Crippen MR) is 81.6 cm³/mol. The van der Waals surface area contributed by atoms with Crippen molar-refractivity contribution in [1.82, 2.24) is 0 Å². The normalized spacial score (nSPS) is 16.1. The molecule has 3 unspecified atom stereocenters. The summed E-state index contributed by atoms with van der Waals surface area (Å²) >= 11 is 0. The highest BCUT2D eigenvalue weighted by Gasteiger charge is 2.35. The number of Topliss-reactive ketones (excluding diaryl/α,β-unsaturated/α-hetero) is 2. The van der Waals surface area contributed by atoms with E-state index in [9.17, 15) is 22.8 Å². The number of hydrogen-bond acceptors (Lipinski definition) is 2. The molecule has 0 aromatic heterocycles. The first-order valence-corrected chi connectivity index (χ1v) is 8.26. The molecule has 22 heavy (non-hydrogen) atoms. The molecule has 0 aliphatic heterocycles. The molecule has 0 aliphatic carbocycles. The molecule has 5 heteroatoms. The fourth-order valence-corrected chi connectivity index (χ4v) is 2.85. The third-order valence-corrected chi connectivity index (χ3v) is 4.19. The largest absolute Gasteiger partial charge is 0.389 e. The van der Waals surface area contributed by atoms with Crippen LogP contribution in [0.5, 0.6) is 0 Å². The molecule has 0 spiro atoms. The van der Waals surface area contributed by atoms with Crippen LogP contribution < -0.4 is 0 Å². The predicted octanol–water partition coefficient (Wildman–Crippen LogP) is 5.35. The lowest BCUT2D eigenvalue weighted by atomic mass is 9.84. The Morgan fingerprint density at radius 3 is 1.86 bits per heavy atom. The van der Waals surface area contributed by atoms with Crippen molar-refractivity contribution >= 4 is 11.6 Å². The van der Waals surface area contributed by atoms with Gasteiger partial charge < -0.3 is 0 Å². The summed E-state index contributed by atoms with van der Waals surface area (Å²) in [4.78, 5) is 24.2. The highest BCUT2D eigenvalue weighted by atomic mass is 19.4. The average molecular weight is 322 g/mol. The van der Waals surface area contributed by atoms with Crippen LogP contribution in [0.4, 0.5) is 13.2 Å². The molecular formula is C17H29F3O2. The third kappa shape index (κ3) is 8.54. The Labute approximate surface area is 131 Å². The zero-order valence-electron chi connectivity index (χ0n) is 14.1. The monoisotopic (exact) mass is 322 g/mol. The number of alkyl halides is 3. The summed E-state index contributed by atoms with van der Waals surface area (Å²) in [6.07, 6.45) is -2.32. The van der Waals surface area contributed by atoms with Crippen LogP contribution in [0.1, 0.15) is 72.6 Å². The first-order valence-electron chi connectivity index (χ1n) is 8.26. The van der Waals surface area contributed by atoms with Crippen LogP contribution in [0.15, 0.2) is 0 Å². The van der Waals surface area contributed by atoms with Crippen molar-refractivity contribution < 1.29 is 22.8 Å². The minimum atomic E-state index is -4.36. The van der Waals surface area contributed by atoms with E-state index in [1.807, 2.05) is 6.92 Å². The van der Waals surface area contributed by atoms with Gasteiger partial charge in [-0.2, -0.15) is 13.2 Å². The maximum Gasteiger partial charge on any atom is 0.389 e. The van der Waals surface area contributed by atoms with Crippen LogP contribution in [0.2, 0.25) is 0 Å². The van der Waals surface area contributed by atoms with Gasteiger partial charge in [0.1, 0.15) is 11.6 Å². The van der Waals surface area contributed by atoms with Gasteiger partial charge in [-0.05, 0) is 25.2 Å². The maximum atomic E-state index is 12.4. The summed E-state index contributed by atoms with van der Waals surface area (Å²) < 4.78 is 37.3. The minimum absolute atomic E-state index is 0.120. The average Bonchev–Trinajstić information content (AvgIpc) is 2.41. The van der Waals surface area contributed by atoms with E-state index in [0.717, 1.165) is 12.8 Å². The topological polar surface area (TPSA) is 34.1 Å². The number of rotatable bonds is 11. The van der Waals surface area contributed by atoms with Gasteiger partial charge in [-0.1, -0.05) is 40.5 Å². The lowest BCUT2D eigenvalue weighted by molar-refractivity contribution is -0.154. The molecular weight excluding hydrogens is 293 g/mol. The van der Waals surface area contributed by atoms with Crippen molar-refractivity contribution in [3.63, 3.8) is 0 Å². The molecule has 0 fully saturated rings. The molecule has 0 bridgehead atoms. The number of halogens is 3. The molecule has 130 valence electrons. The summed E-state index contributed by atoms with van der Waals surface area (Å²) in [6.45, 7) is 7.59. The van der Waals surface area contributed by atoms with Crippen molar-refractivity contribution in [3.8, 4) is 0 Å². The van der Waals surface area contributed by atoms with E-state index in [1.54, 1.807) is 6.92 Å². The molecule has 0 aliphatic rings. The molecule has 0 aromatic rings. The Bertz CT molecular complexity index is 350. The van der Waals surface area contributed by atoms with Crippen LogP contribution in [0.3, 0.4) is 0 Å². The maximum absolute atomic E-state index is 12.4. The summed E-state index contributed by atoms with van der Waals surface area (Å²) in [5, 5.41) is 0. The molecule has 0 rings (SSSR count). The molecule has 0 saturated carbocycles. The summed E-state index contributed by atoms with van der Waals surface area (Å²) in [6, 6.07) is 0. The summed E-state index contributed by atoms with van der Waals surface area (Å²) in [7, 11) is 0. The van der Waals surface area contributed by atoms with Gasteiger partial charge in [0.15, 0.2) is 0 Å². The third-order valence-electron chi connectivity index (χ3n) is 4.19. The summed E-state index contributed by atoms with van der Waals surface area (Å²) in [5.41, 5.74) is 0. The number of hydrogen-bond donors (Lipinski definition) is 0. The van der Waals surface area contributed by atoms with E-state index in [1.165, 1.54) is 0 Å². The number of carbonyl (C=O) groups is 2. The Balaban J connectivity index is 4.61. The van der Waals surface area contributed by atoms with E-state index in [4.69, 9.17) is 0 Å². The van der Waals surface area contributed by atoms with Gasteiger partial charge in [0.05, 0.1) is 12.8 Å². The fourth-order valence-electron chi connectivity index (χ4n) is 2.85. The van der Waals surface area contributed by atoms with E-state index in [0.29, 0.717) is 18.8 Å². The summed E-state index contributed by atoms with van der Waals surface area (Å²) in [5.74, 6) is -1.67. The van der Waals surface area contributed by atoms with Crippen LogP contribution in [0, 0.1) is 17.8 Å². The minimum Gasteiger partial charge on any atom is -0.299 e. The van der Waals surface area contributed by atoms with Crippen molar-refractivity contribution in [3.05, 3.63) is 0 Å². The van der Waals surface area contributed by atoms with Gasteiger partial charge in [-0.3, -0.25) is 9.59 Å². The number of carbonyl (C=O) groups excluding carboxylic acids is 2. The smallest absolute Gasteiger partial charge is 0.299 e. The van der Waals surface area contributed by atoms with E-state index in [-0.39, 0.29) is 24.5 Å².